The van der Waals surface area contributed by atoms with Crippen molar-refractivity contribution in [2.45, 2.75) is 6.92 Å². The minimum atomic E-state index is -0.223. The number of nitrogens with zero attached hydrogens (tertiary/aromatic N) is 3. The zero-order valence-corrected chi connectivity index (χ0v) is 19.4. The van der Waals surface area contributed by atoms with Crippen molar-refractivity contribution in [3.05, 3.63) is 83.5 Å². The van der Waals surface area contributed by atoms with Gasteiger partial charge in [0.1, 0.15) is 17.1 Å². The highest BCUT2D eigenvalue weighted by atomic mass is 32.1. The monoisotopic (exact) mass is 470 g/mol. The number of rotatable bonds is 6. The van der Waals surface area contributed by atoms with Crippen molar-refractivity contribution in [3.63, 3.8) is 0 Å². The van der Waals surface area contributed by atoms with Crippen LogP contribution in [0.15, 0.2) is 72.2 Å². The Morgan fingerprint density at radius 2 is 1.85 bits per heavy atom. The summed E-state index contributed by atoms with van der Waals surface area (Å²) in [6, 6.07) is 18.2. The molecule has 9 heteroatoms. The first-order valence-electron chi connectivity index (χ1n) is 10.5. The molecule has 5 rings (SSSR count). The molecule has 0 aliphatic carbocycles. The summed E-state index contributed by atoms with van der Waals surface area (Å²) in [5.74, 6) is 0.526. The Balaban J connectivity index is 1.33. The van der Waals surface area contributed by atoms with Crippen molar-refractivity contribution in [2.75, 3.05) is 23.5 Å². The van der Waals surface area contributed by atoms with Gasteiger partial charge < -0.3 is 21.1 Å². The van der Waals surface area contributed by atoms with Crippen LogP contribution in [0.1, 0.15) is 16.1 Å². The number of carbonyl (C=O) groups is 1. The number of thiazole rings is 1. The number of nitrogens with one attached hydrogen (secondary N) is 2. The maximum absolute atomic E-state index is 12.5. The lowest BCUT2D eigenvalue weighted by atomic mass is 10.2. The number of imidazole rings is 1. The van der Waals surface area contributed by atoms with Gasteiger partial charge in [0.05, 0.1) is 36.1 Å². The number of carbonyl (C=O) groups excluding carboxylic acids is 1. The topological polar surface area (TPSA) is 107 Å². The lowest BCUT2D eigenvalue weighted by molar-refractivity contribution is 0.102. The number of aryl methyl sites for hydroxylation is 1. The van der Waals surface area contributed by atoms with E-state index in [4.69, 9.17) is 15.5 Å². The number of hydrogen-bond acceptors (Lipinski definition) is 7. The van der Waals surface area contributed by atoms with Crippen LogP contribution < -0.4 is 21.1 Å². The van der Waals surface area contributed by atoms with E-state index in [-0.39, 0.29) is 5.91 Å². The largest absolute Gasteiger partial charge is 0.495 e. The van der Waals surface area contributed by atoms with Gasteiger partial charge in [0.15, 0.2) is 5.13 Å². The van der Waals surface area contributed by atoms with Gasteiger partial charge in [-0.3, -0.25) is 9.20 Å². The quantitative estimate of drug-likeness (QED) is 0.289. The highest BCUT2D eigenvalue weighted by Gasteiger charge is 2.15. The van der Waals surface area contributed by atoms with Gasteiger partial charge in [-0.25, -0.2) is 9.97 Å². The molecule has 5 aromatic rings. The van der Waals surface area contributed by atoms with Crippen molar-refractivity contribution in [2.24, 2.45) is 0 Å². The summed E-state index contributed by atoms with van der Waals surface area (Å²) in [4.78, 5) is 21.9. The minimum absolute atomic E-state index is 0.223. The SMILES string of the molecule is COc1ccc2nc(C)c(-c3csc(Nc4ccc(C(=O)Nc5ccccc5N)cc4)n3)n2c1. The molecule has 3 heterocycles. The van der Waals surface area contributed by atoms with E-state index in [2.05, 4.69) is 15.6 Å². The number of fused-ring (bicyclic) bond motifs is 1. The van der Waals surface area contributed by atoms with Gasteiger partial charge >= 0.3 is 0 Å². The minimum Gasteiger partial charge on any atom is -0.495 e. The first-order valence-corrected chi connectivity index (χ1v) is 11.4. The van der Waals surface area contributed by atoms with Crippen LogP contribution in [0.2, 0.25) is 0 Å². The molecule has 34 heavy (non-hydrogen) atoms. The van der Waals surface area contributed by atoms with E-state index in [9.17, 15) is 4.79 Å². The predicted molar refractivity (Wildman–Crippen MR) is 136 cm³/mol. The molecule has 170 valence electrons. The van der Waals surface area contributed by atoms with Gasteiger partial charge in [-0.1, -0.05) is 12.1 Å². The number of hydrogen-bond donors (Lipinski definition) is 3. The molecule has 2 aromatic carbocycles. The third-order valence-electron chi connectivity index (χ3n) is 5.36. The lowest BCUT2D eigenvalue weighted by Crippen LogP contribution is -2.13. The van der Waals surface area contributed by atoms with Crippen LogP contribution in [-0.2, 0) is 0 Å². The molecule has 0 fully saturated rings. The van der Waals surface area contributed by atoms with E-state index in [0.717, 1.165) is 39.3 Å². The predicted octanol–water partition coefficient (Wildman–Crippen LogP) is 5.35. The molecule has 0 saturated carbocycles. The van der Waals surface area contributed by atoms with Gasteiger partial charge in [-0.2, -0.15) is 0 Å². The Bertz CT molecular complexity index is 1490. The van der Waals surface area contributed by atoms with E-state index in [1.54, 1.807) is 31.4 Å². The van der Waals surface area contributed by atoms with Crippen LogP contribution in [0.4, 0.5) is 22.2 Å². The van der Waals surface area contributed by atoms with Gasteiger partial charge in [-0.05, 0) is 55.5 Å². The molecule has 0 unspecified atom stereocenters. The maximum atomic E-state index is 12.5. The Morgan fingerprint density at radius 1 is 1.06 bits per heavy atom. The molecule has 0 spiro atoms. The molecule has 0 radical (unpaired) electrons. The maximum Gasteiger partial charge on any atom is 0.255 e. The number of ether oxygens (including phenoxy) is 1. The number of amides is 1. The fourth-order valence-electron chi connectivity index (χ4n) is 3.65. The second-order valence-electron chi connectivity index (χ2n) is 7.62. The number of benzene rings is 2. The standard InChI is InChI=1S/C25H22N6O2S/c1-15-23(31-13-18(33-2)11-12-22(31)27-15)21-14-34-25(30-21)28-17-9-7-16(8-10-17)24(32)29-20-6-4-3-5-19(20)26/h3-14H,26H2,1-2H3,(H,28,30)(H,29,32). The first-order chi connectivity index (χ1) is 16.5. The third kappa shape index (κ3) is 4.16. The van der Waals surface area contributed by atoms with E-state index < -0.39 is 0 Å². The molecule has 3 aromatic heterocycles. The van der Waals surface area contributed by atoms with Gasteiger partial charge in [-0.15, -0.1) is 11.3 Å². The van der Waals surface area contributed by atoms with Gasteiger partial charge in [0, 0.05) is 16.6 Å². The zero-order chi connectivity index (χ0) is 23.7. The highest BCUT2D eigenvalue weighted by Crippen LogP contribution is 2.31. The van der Waals surface area contributed by atoms with E-state index in [1.165, 1.54) is 11.3 Å². The average Bonchev–Trinajstić information content (AvgIpc) is 3.43. The smallest absolute Gasteiger partial charge is 0.255 e. The second kappa shape index (κ2) is 8.87. The summed E-state index contributed by atoms with van der Waals surface area (Å²) in [7, 11) is 1.64. The highest BCUT2D eigenvalue weighted by molar-refractivity contribution is 7.14. The summed E-state index contributed by atoms with van der Waals surface area (Å²) in [5, 5.41) is 8.86. The molecule has 1 amide bonds. The lowest BCUT2D eigenvalue weighted by Gasteiger charge is -2.08. The van der Waals surface area contributed by atoms with E-state index >= 15 is 0 Å². The number of nitrogen functional groups attached to an aromatic ring is 1. The van der Waals surface area contributed by atoms with E-state index in [1.807, 2.05) is 59.3 Å². The summed E-state index contributed by atoms with van der Waals surface area (Å²) in [6.45, 7) is 1.97. The number of aromatic nitrogens is 3. The number of pyridine rings is 1. The molecule has 8 nitrogen and oxygen atoms in total. The van der Waals surface area contributed by atoms with Crippen LogP contribution >= 0.6 is 11.3 Å². The molecule has 0 bridgehead atoms. The van der Waals surface area contributed by atoms with Crippen LogP contribution in [0, 0.1) is 6.92 Å². The molecular weight excluding hydrogens is 448 g/mol. The molecule has 0 saturated heterocycles. The van der Waals surface area contributed by atoms with Crippen LogP contribution in [0.3, 0.4) is 0 Å². The summed E-state index contributed by atoms with van der Waals surface area (Å²) in [6.07, 6.45) is 1.91. The van der Waals surface area contributed by atoms with Crippen molar-refractivity contribution >= 4 is 45.1 Å². The Labute approximate surface area is 200 Å². The number of methoxy groups -OCH3 is 1. The number of nitrogens with two attached hydrogens (primary N) is 1. The fraction of sp³-hybridized carbons (Fsp3) is 0.0800. The number of anilines is 4. The van der Waals surface area contributed by atoms with Crippen molar-refractivity contribution in [1.29, 1.82) is 0 Å². The van der Waals surface area contributed by atoms with Crippen LogP contribution in [-0.4, -0.2) is 27.4 Å². The fourth-order valence-corrected chi connectivity index (χ4v) is 4.36. The van der Waals surface area contributed by atoms with Crippen LogP contribution in [0.5, 0.6) is 5.75 Å². The Kier molecular flexibility index (Phi) is 5.60. The molecular formula is C25H22N6O2S. The summed E-state index contributed by atoms with van der Waals surface area (Å²) in [5.41, 5.74) is 11.8. The molecule has 0 aliphatic heterocycles. The average molecular weight is 471 g/mol. The van der Waals surface area contributed by atoms with Crippen LogP contribution in [0.25, 0.3) is 17.0 Å². The molecule has 0 atom stereocenters. The van der Waals surface area contributed by atoms with Crippen molar-refractivity contribution in [3.8, 4) is 17.1 Å². The second-order valence-corrected chi connectivity index (χ2v) is 8.48. The van der Waals surface area contributed by atoms with Gasteiger partial charge in [0.2, 0.25) is 0 Å². The van der Waals surface area contributed by atoms with Crippen molar-refractivity contribution in [1.82, 2.24) is 14.4 Å². The summed E-state index contributed by atoms with van der Waals surface area (Å²) >= 11 is 1.50. The molecule has 0 aliphatic rings. The first kappa shape index (κ1) is 21.5. The summed E-state index contributed by atoms with van der Waals surface area (Å²) < 4.78 is 7.34. The Hall–Kier alpha value is -4.37. The normalized spacial score (nSPS) is 10.9. The third-order valence-corrected chi connectivity index (χ3v) is 6.11. The van der Waals surface area contributed by atoms with Crippen molar-refractivity contribution < 1.29 is 9.53 Å². The zero-order valence-electron chi connectivity index (χ0n) is 18.6. The van der Waals surface area contributed by atoms with Gasteiger partial charge in [0.25, 0.3) is 5.91 Å². The Morgan fingerprint density at radius 3 is 2.62 bits per heavy atom. The molecule has 4 N–H and O–H groups in total. The van der Waals surface area contributed by atoms with E-state index in [0.29, 0.717) is 16.9 Å². The number of para-hydroxylation sites is 2.